The summed E-state index contributed by atoms with van der Waals surface area (Å²) in [6.07, 6.45) is 1.17. The molecule has 0 aromatic heterocycles. The second-order valence-corrected chi connectivity index (χ2v) is 4.52. The Bertz CT molecular complexity index is 379. The lowest BCUT2D eigenvalue weighted by atomic mass is 10.1. The van der Waals surface area contributed by atoms with E-state index in [1.165, 1.54) is 17.7 Å². The summed E-state index contributed by atoms with van der Waals surface area (Å²) >= 11 is 3.48. The maximum Gasteiger partial charge on any atom is 0.246 e. The highest BCUT2D eigenvalue weighted by atomic mass is 79.9. The summed E-state index contributed by atoms with van der Waals surface area (Å²) in [6, 6.07) is 6.13. The summed E-state index contributed by atoms with van der Waals surface area (Å²) < 4.78 is 1.05. The molecule has 1 rings (SSSR count). The molecule has 0 saturated heterocycles. The summed E-state index contributed by atoms with van der Waals surface area (Å²) in [4.78, 5) is 16.4. The zero-order valence-corrected chi connectivity index (χ0v) is 11.4. The maximum absolute atomic E-state index is 11.5. The lowest BCUT2D eigenvalue weighted by molar-refractivity contribution is -0.168. The third-order valence-electron chi connectivity index (χ3n) is 2.43. The predicted molar refractivity (Wildman–Crippen MR) is 67.0 cm³/mol. The van der Waals surface area contributed by atoms with E-state index in [4.69, 9.17) is 4.84 Å². The lowest BCUT2D eigenvalue weighted by Crippen LogP contribution is -2.25. The van der Waals surface area contributed by atoms with Crippen molar-refractivity contribution in [3.63, 3.8) is 0 Å². The molecule has 0 heterocycles. The van der Waals surface area contributed by atoms with E-state index in [9.17, 15) is 4.79 Å². The normalized spacial score (nSPS) is 10.2. The van der Waals surface area contributed by atoms with Crippen molar-refractivity contribution < 1.29 is 9.63 Å². The van der Waals surface area contributed by atoms with Gasteiger partial charge in [-0.05, 0) is 25.0 Å². The van der Waals surface area contributed by atoms with Crippen molar-refractivity contribution in [3.8, 4) is 0 Å². The van der Waals surface area contributed by atoms with Gasteiger partial charge >= 0.3 is 0 Å². The van der Waals surface area contributed by atoms with Crippen LogP contribution in [0.2, 0.25) is 0 Å². The van der Waals surface area contributed by atoms with Gasteiger partial charge in [0.15, 0.2) is 0 Å². The molecule has 0 fully saturated rings. The van der Waals surface area contributed by atoms with Crippen molar-refractivity contribution in [1.82, 2.24) is 5.06 Å². The predicted octanol–water partition coefficient (Wildman–Crippen LogP) is 2.71. The topological polar surface area (TPSA) is 29.5 Å². The Kier molecular flexibility index (Phi) is 4.96. The number of halogens is 1. The average molecular weight is 286 g/mol. The molecule has 0 aliphatic heterocycles. The Balaban J connectivity index is 2.61. The van der Waals surface area contributed by atoms with E-state index in [1.54, 1.807) is 7.05 Å². The van der Waals surface area contributed by atoms with Crippen molar-refractivity contribution in [2.24, 2.45) is 0 Å². The minimum atomic E-state index is -0.0177. The summed E-state index contributed by atoms with van der Waals surface area (Å²) in [6.45, 7) is 2.04. The molecule has 16 heavy (non-hydrogen) atoms. The first kappa shape index (κ1) is 13.2. The monoisotopic (exact) mass is 285 g/mol. The van der Waals surface area contributed by atoms with Gasteiger partial charge in [-0.15, -0.1) is 0 Å². The van der Waals surface area contributed by atoms with Crippen molar-refractivity contribution >= 4 is 21.8 Å². The molecule has 1 amide bonds. The van der Waals surface area contributed by atoms with Gasteiger partial charge in [-0.2, -0.15) is 0 Å². The van der Waals surface area contributed by atoms with Gasteiger partial charge in [0, 0.05) is 17.9 Å². The van der Waals surface area contributed by atoms with Gasteiger partial charge in [0.25, 0.3) is 0 Å². The van der Waals surface area contributed by atoms with E-state index in [2.05, 4.69) is 22.0 Å². The molecule has 1 aromatic rings. The highest BCUT2D eigenvalue weighted by molar-refractivity contribution is 9.10. The van der Waals surface area contributed by atoms with Crippen molar-refractivity contribution in [2.45, 2.75) is 19.8 Å². The first-order chi connectivity index (χ1) is 7.54. The van der Waals surface area contributed by atoms with Crippen LogP contribution in [0.4, 0.5) is 0 Å². The Morgan fingerprint density at radius 2 is 2.19 bits per heavy atom. The number of nitrogens with zero attached hydrogens (tertiary/aromatic N) is 1. The Morgan fingerprint density at radius 3 is 2.81 bits per heavy atom. The quantitative estimate of drug-likeness (QED) is 0.796. The van der Waals surface area contributed by atoms with Crippen LogP contribution in [0.3, 0.4) is 0 Å². The van der Waals surface area contributed by atoms with Gasteiger partial charge in [0.2, 0.25) is 5.91 Å². The fraction of sp³-hybridized carbons (Fsp3) is 0.417. The van der Waals surface area contributed by atoms with Crippen LogP contribution in [0.25, 0.3) is 0 Å². The molecule has 88 valence electrons. The molecule has 4 heteroatoms. The minimum Gasteiger partial charge on any atom is -0.275 e. The second-order valence-electron chi connectivity index (χ2n) is 3.67. The van der Waals surface area contributed by atoms with Crippen LogP contribution < -0.4 is 0 Å². The van der Waals surface area contributed by atoms with Crippen molar-refractivity contribution in [3.05, 3.63) is 33.8 Å². The summed E-state index contributed by atoms with van der Waals surface area (Å²) in [7, 11) is 3.11. The van der Waals surface area contributed by atoms with E-state index >= 15 is 0 Å². The number of amides is 1. The molecule has 0 aliphatic rings. The smallest absolute Gasteiger partial charge is 0.246 e. The van der Waals surface area contributed by atoms with Gasteiger partial charge in [-0.3, -0.25) is 9.63 Å². The minimum absolute atomic E-state index is 0.0177. The van der Waals surface area contributed by atoms with Crippen LogP contribution >= 0.6 is 15.9 Å². The molecular weight excluding hydrogens is 270 g/mol. The zero-order chi connectivity index (χ0) is 12.1. The number of hydroxylamine groups is 2. The van der Waals surface area contributed by atoms with E-state index in [0.717, 1.165) is 16.5 Å². The van der Waals surface area contributed by atoms with Gasteiger partial charge in [-0.25, -0.2) is 5.06 Å². The number of benzene rings is 1. The summed E-state index contributed by atoms with van der Waals surface area (Å²) in [5, 5.41) is 1.25. The highest BCUT2D eigenvalue weighted by Crippen LogP contribution is 2.19. The van der Waals surface area contributed by atoms with Crippen LogP contribution in [0.1, 0.15) is 17.5 Å². The van der Waals surface area contributed by atoms with Crippen LogP contribution in [0.15, 0.2) is 22.7 Å². The molecule has 0 N–H and O–H groups in total. The Labute approximate surface area is 104 Å². The molecule has 0 saturated carbocycles. The zero-order valence-electron chi connectivity index (χ0n) is 9.79. The van der Waals surface area contributed by atoms with Crippen molar-refractivity contribution in [2.75, 3.05) is 14.2 Å². The van der Waals surface area contributed by atoms with Crippen LogP contribution in [-0.2, 0) is 16.1 Å². The van der Waals surface area contributed by atoms with Crippen LogP contribution in [0.5, 0.6) is 0 Å². The molecular formula is C12H16BrNO2. The fourth-order valence-electron chi connectivity index (χ4n) is 1.40. The van der Waals surface area contributed by atoms with E-state index in [1.807, 2.05) is 19.1 Å². The molecule has 0 radical (unpaired) electrons. The lowest BCUT2D eigenvalue weighted by Gasteiger charge is -2.13. The van der Waals surface area contributed by atoms with Gasteiger partial charge in [-0.1, -0.05) is 33.6 Å². The van der Waals surface area contributed by atoms with E-state index in [0.29, 0.717) is 6.42 Å². The van der Waals surface area contributed by atoms with Crippen LogP contribution in [-0.4, -0.2) is 25.1 Å². The maximum atomic E-state index is 11.5. The van der Waals surface area contributed by atoms with Gasteiger partial charge in [0.05, 0.1) is 7.11 Å². The first-order valence-corrected chi connectivity index (χ1v) is 5.89. The number of carbonyl (C=O) groups excluding carboxylic acids is 1. The van der Waals surface area contributed by atoms with E-state index < -0.39 is 0 Å². The van der Waals surface area contributed by atoms with Gasteiger partial charge in [0.1, 0.15) is 0 Å². The number of hydrogen-bond acceptors (Lipinski definition) is 2. The van der Waals surface area contributed by atoms with Crippen molar-refractivity contribution in [1.29, 1.82) is 0 Å². The molecule has 0 spiro atoms. The standard InChI is InChI=1S/C12H16BrNO2/c1-9-4-6-11(13)10(8-9)5-7-12(15)14(2)16-3/h4,6,8H,5,7H2,1-3H3. The summed E-state index contributed by atoms with van der Waals surface area (Å²) in [5.74, 6) is -0.0177. The van der Waals surface area contributed by atoms with E-state index in [-0.39, 0.29) is 5.91 Å². The number of rotatable bonds is 4. The summed E-state index contributed by atoms with van der Waals surface area (Å²) in [5.41, 5.74) is 2.35. The fourth-order valence-corrected chi connectivity index (χ4v) is 1.84. The molecule has 1 aromatic carbocycles. The molecule has 0 aliphatic carbocycles. The number of aryl methyl sites for hydroxylation is 2. The first-order valence-electron chi connectivity index (χ1n) is 5.10. The largest absolute Gasteiger partial charge is 0.275 e. The average Bonchev–Trinajstić information content (AvgIpc) is 2.28. The number of hydrogen-bond donors (Lipinski definition) is 0. The molecule has 0 atom stereocenters. The van der Waals surface area contributed by atoms with Gasteiger partial charge < -0.3 is 0 Å². The highest BCUT2D eigenvalue weighted by Gasteiger charge is 2.09. The van der Waals surface area contributed by atoms with Crippen LogP contribution in [0, 0.1) is 6.92 Å². The third-order valence-corrected chi connectivity index (χ3v) is 3.21. The third kappa shape index (κ3) is 3.61. The molecule has 0 unspecified atom stereocenters. The number of carbonyl (C=O) groups is 1. The SMILES string of the molecule is CON(C)C(=O)CCc1cc(C)ccc1Br. The molecule has 0 bridgehead atoms. The molecule has 3 nitrogen and oxygen atoms in total. The second kappa shape index (κ2) is 6.01. The Morgan fingerprint density at radius 1 is 1.50 bits per heavy atom. The Hall–Kier alpha value is -0.870.